The molecular formula is C18H17F3O4S. The van der Waals surface area contributed by atoms with Gasteiger partial charge in [-0.3, -0.25) is 4.79 Å². The molecule has 0 spiro atoms. The number of aliphatic carboxylic acids is 1. The Hall–Kier alpha value is -2.35. The summed E-state index contributed by atoms with van der Waals surface area (Å²) in [5.41, 5.74) is 0.476. The summed E-state index contributed by atoms with van der Waals surface area (Å²) < 4.78 is 62.6. The standard InChI is InChI=1S/C18H17F3O4S/c19-18(20,21)15-4-1-5-16(12-15)26(24,25)10-2-3-13-6-8-14(9-7-13)11-17(22)23/h1,4-9,12H,2-3,10-11H2,(H,22,23). The molecule has 4 nitrogen and oxygen atoms in total. The molecule has 8 heteroatoms. The summed E-state index contributed by atoms with van der Waals surface area (Å²) in [6.45, 7) is 0. The Labute approximate surface area is 149 Å². The molecule has 1 N–H and O–H groups in total. The van der Waals surface area contributed by atoms with Crippen molar-refractivity contribution in [3.05, 3.63) is 65.2 Å². The molecule has 0 atom stereocenters. The number of alkyl halides is 3. The van der Waals surface area contributed by atoms with Gasteiger partial charge in [-0.1, -0.05) is 30.3 Å². The number of benzene rings is 2. The van der Waals surface area contributed by atoms with E-state index in [0.29, 0.717) is 18.1 Å². The van der Waals surface area contributed by atoms with Crippen LogP contribution in [0.3, 0.4) is 0 Å². The van der Waals surface area contributed by atoms with E-state index in [1.54, 1.807) is 24.3 Å². The molecule has 0 bridgehead atoms. The maximum atomic E-state index is 12.7. The second kappa shape index (κ2) is 7.90. The second-order valence-electron chi connectivity index (χ2n) is 5.84. The van der Waals surface area contributed by atoms with Crippen molar-refractivity contribution in [3.63, 3.8) is 0 Å². The van der Waals surface area contributed by atoms with Crippen molar-refractivity contribution in [2.75, 3.05) is 5.75 Å². The molecule has 0 fully saturated rings. The summed E-state index contributed by atoms with van der Waals surface area (Å²) in [7, 11) is -3.81. The highest BCUT2D eigenvalue weighted by atomic mass is 32.2. The largest absolute Gasteiger partial charge is 0.481 e. The van der Waals surface area contributed by atoms with Crippen LogP contribution < -0.4 is 0 Å². The van der Waals surface area contributed by atoms with Crippen LogP contribution in [0.2, 0.25) is 0 Å². The molecule has 2 rings (SSSR count). The third-order valence-corrected chi connectivity index (χ3v) is 5.58. The molecular weight excluding hydrogens is 369 g/mol. The minimum absolute atomic E-state index is 0.0931. The van der Waals surface area contributed by atoms with Crippen molar-refractivity contribution in [2.24, 2.45) is 0 Å². The maximum Gasteiger partial charge on any atom is 0.416 e. The minimum Gasteiger partial charge on any atom is -0.481 e. The molecule has 0 aliphatic rings. The van der Waals surface area contributed by atoms with Crippen LogP contribution in [0, 0.1) is 0 Å². The average Bonchev–Trinajstić information content (AvgIpc) is 2.55. The Balaban J connectivity index is 1.99. The highest BCUT2D eigenvalue weighted by molar-refractivity contribution is 7.91. The molecule has 0 aliphatic carbocycles. The van der Waals surface area contributed by atoms with Gasteiger partial charge in [0, 0.05) is 0 Å². The van der Waals surface area contributed by atoms with Crippen LogP contribution in [0.5, 0.6) is 0 Å². The molecule has 26 heavy (non-hydrogen) atoms. The first kappa shape index (κ1) is 20.0. The molecule has 0 amide bonds. The topological polar surface area (TPSA) is 71.4 Å². The number of rotatable bonds is 7. The van der Waals surface area contributed by atoms with Crippen LogP contribution in [0.25, 0.3) is 0 Å². The van der Waals surface area contributed by atoms with E-state index in [1.807, 2.05) is 0 Å². The van der Waals surface area contributed by atoms with Crippen LogP contribution >= 0.6 is 0 Å². The fraction of sp³-hybridized carbons (Fsp3) is 0.278. The summed E-state index contributed by atoms with van der Waals surface area (Å²) >= 11 is 0. The van der Waals surface area contributed by atoms with E-state index in [0.717, 1.165) is 23.8 Å². The second-order valence-corrected chi connectivity index (χ2v) is 7.94. The zero-order valence-corrected chi connectivity index (χ0v) is 14.5. The van der Waals surface area contributed by atoms with Gasteiger partial charge in [0.25, 0.3) is 0 Å². The summed E-state index contributed by atoms with van der Waals surface area (Å²) in [6, 6.07) is 10.5. The number of carboxylic acids is 1. The SMILES string of the molecule is O=C(O)Cc1ccc(CCCS(=O)(=O)c2cccc(C(F)(F)F)c2)cc1. The number of carbonyl (C=O) groups is 1. The fourth-order valence-corrected chi connectivity index (χ4v) is 3.80. The highest BCUT2D eigenvalue weighted by Gasteiger charge is 2.31. The Morgan fingerprint density at radius 1 is 1.00 bits per heavy atom. The predicted octanol–water partition coefficient (Wildman–Crippen LogP) is 3.74. The fourth-order valence-electron chi connectivity index (χ4n) is 2.45. The monoisotopic (exact) mass is 386 g/mol. The van der Waals surface area contributed by atoms with Gasteiger partial charge in [-0.05, 0) is 42.2 Å². The quantitative estimate of drug-likeness (QED) is 0.787. The lowest BCUT2D eigenvalue weighted by Gasteiger charge is -2.09. The van der Waals surface area contributed by atoms with Crippen molar-refractivity contribution in [1.82, 2.24) is 0 Å². The Morgan fingerprint density at radius 3 is 2.19 bits per heavy atom. The number of halogens is 3. The third kappa shape index (κ3) is 5.59. The van der Waals surface area contributed by atoms with E-state index in [9.17, 15) is 26.4 Å². The number of hydrogen-bond acceptors (Lipinski definition) is 3. The van der Waals surface area contributed by atoms with Gasteiger partial charge < -0.3 is 5.11 Å². The first-order chi connectivity index (χ1) is 12.1. The van der Waals surface area contributed by atoms with Gasteiger partial charge in [-0.25, -0.2) is 8.42 Å². The van der Waals surface area contributed by atoms with Gasteiger partial charge in [0.2, 0.25) is 0 Å². The van der Waals surface area contributed by atoms with Gasteiger partial charge in [-0.2, -0.15) is 13.2 Å². The number of carboxylic acid groups (broad SMARTS) is 1. The number of aryl methyl sites for hydroxylation is 1. The minimum atomic E-state index is -4.59. The molecule has 2 aromatic carbocycles. The number of sulfone groups is 1. The molecule has 0 aliphatic heterocycles. The summed E-state index contributed by atoms with van der Waals surface area (Å²) in [5, 5.41) is 8.71. The van der Waals surface area contributed by atoms with Gasteiger partial charge in [0.15, 0.2) is 9.84 Å². The van der Waals surface area contributed by atoms with Crippen LogP contribution in [0.4, 0.5) is 13.2 Å². The molecule has 0 radical (unpaired) electrons. The van der Waals surface area contributed by atoms with Crippen LogP contribution in [0.1, 0.15) is 23.1 Å². The van der Waals surface area contributed by atoms with Crippen molar-refractivity contribution < 1.29 is 31.5 Å². The lowest BCUT2D eigenvalue weighted by atomic mass is 10.1. The highest BCUT2D eigenvalue weighted by Crippen LogP contribution is 2.30. The lowest BCUT2D eigenvalue weighted by molar-refractivity contribution is -0.138. The maximum absolute atomic E-state index is 12.7. The van der Waals surface area contributed by atoms with Crippen LogP contribution in [-0.2, 0) is 33.6 Å². The first-order valence-corrected chi connectivity index (χ1v) is 9.43. The van der Waals surface area contributed by atoms with E-state index < -0.39 is 27.5 Å². The van der Waals surface area contributed by atoms with E-state index in [-0.39, 0.29) is 23.5 Å². The van der Waals surface area contributed by atoms with Gasteiger partial charge in [-0.15, -0.1) is 0 Å². The first-order valence-electron chi connectivity index (χ1n) is 7.77. The predicted molar refractivity (Wildman–Crippen MR) is 89.6 cm³/mol. The lowest BCUT2D eigenvalue weighted by Crippen LogP contribution is -2.11. The van der Waals surface area contributed by atoms with E-state index >= 15 is 0 Å². The van der Waals surface area contributed by atoms with Crippen LogP contribution in [-0.4, -0.2) is 25.2 Å². The van der Waals surface area contributed by atoms with Crippen molar-refractivity contribution in [2.45, 2.75) is 30.3 Å². The molecule has 0 heterocycles. The van der Waals surface area contributed by atoms with Crippen molar-refractivity contribution >= 4 is 15.8 Å². The summed E-state index contributed by atoms with van der Waals surface area (Å²) in [6.07, 6.45) is -4.02. The normalized spacial score (nSPS) is 12.1. The zero-order valence-electron chi connectivity index (χ0n) is 13.7. The van der Waals surface area contributed by atoms with E-state index in [4.69, 9.17) is 5.11 Å². The molecule has 140 valence electrons. The smallest absolute Gasteiger partial charge is 0.416 e. The summed E-state index contributed by atoms with van der Waals surface area (Å²) in [5.74, 6) is -1.21. The Morgan fingerprint density at radius 2 is 1.62 bits per heavy atom. The van der Waals surface area contributed by atoms with Crippen LogP contribution in [0.15, 0.2) is 53.4 Å². The molecule has 0 aromatic heterocycles. The third-order valence-electron chi connectivity index (χ3n) is 3.78. The van der Waals surface area contributed by atoms with E-state index in [2.05, 4.69) is 0 Å². The Bertz CT molecular complexity index is 872. The molecule has 0 saturated carbocycles. The van der Waals surface area contributed by atoms with Crippen molar-refractivity contribution in [1.29, 1.82) is 0 Å². The average molecular weight is 386 g/mol. The molecule has 0 saturated heterocycles. The number of hydrogen-bond donors (Lipinski definition) is 1. The molecule has 2 aromatic rings. The zero-order chi connectivity index (χ0) is 19.4. The van der Waals surface area contributed by atoms with Gasteiger partial charge >= 0.3 is 12.1 Å². The summed E-state index contributed by atoms with van der Waals surface area (Å²) in [4.78, 5) is 10.3. The van der Waals surface area contributed by atoms with E-state index in [1.165, 1.54) is 0 Å². The Kier molecular flexibility index (Phi) is 6.07. The molecule has 0 unspecified atom stereocenters. The van der Waals surface area contributed by atoms with Gasteiger partial charge in [0.05, 0.1) is 22.6 Å². The van der Waals surface area contributed by atoms with Gasteiger partial charge in [0.1, 0.15) is 0 Å². The van der Waals surface area contributed by atoms with Crippen molar-refractivity contribution in [3.8, 4) is 0 Å².